The van der Waals surface area contributed by atoms with Gasteiger partial charge in [-0.2, -0.15) is 0 Å². The van der Waals surface area contributed by atoms with E-state index < -0.39 is 14.7 Å². The van der Waals surface area contributed by atoms with E-state index in [1.54, 1.807) is 0 Å². The van der Waals surface area contributed by atoms with Crippen LogP contribution in [-0.2, 0) is 13.4 Å². The Labute approximate surface area is 195 Å². The molecule has 31 heavy (non-hydrogen) atoms. The molecule has 0 amide bonds. The molecule has 0 aliphatic heterocycles. The number of phosphoric ester groups is 1. The first-order valence-corrected chi connectivity index (χ1v) is 18.5. The zero-order chi connectivity index (χ0) is 23.5. The van der Waals surface area contributed by atoms with E-state index in [1.807, 2.05) is 26.9 Å². The normalized spacial score (nSPS) is 15.5. The van der Waals surface area contributed by atoms with E-state index in [1.165, 1.54) is 103 Å². The molecule has 0 spiro atoms. The Morgan fingerprint density at radius 3 is 1.26 bits per heavy atom. The van der Waals surface area contributed by atoms with Crippen molar-refractivity contribution >= 4 is 14.7 Å². The summed E-state index contributed by atoms with van der Waals surface area (Å²) in [6.45, 7) is 7.91. The van der Waals surface area contributed by atoms with Gasteiger partial charge in [0.2, 0.25) is 0 Å². The summed E-state index contributed by atoms with van der Waals surface area (Å²) in [7, 11) is -3.93. The summed E-state index contributed by atoms with van der Waals surface area (Å²) >= 11 is 0. The summed E-state index contributed by atoms with van der Waals surface area (Å²) in [5, 5.41) is 0. The molecule has 0 saturated heterocycles. The van der Waals surface area contributed by atoms with Crippen LogP contribution in [0.3, 0.4) is 0 Å². The van der Waals surface area contributed by atoms with E-state index in [4.69, 9.17) is 8.83 Å². The predicted molar refractivity (Wildman–Crippen MR) is 141 cm³/mol. The van der Waals surface area contributed by atoms with Gasteiger partial charge in [-0.25, -0.2) is 0 Å². The summed E-state index contributed by atoms with van der Waals surface area (Å²) in [5.41, 5.74) is 0. The van der Waals surface area contributed by atoms with Crippen molar-refractivity contribution in [2.45, 2.75) is 129 Å². The SMILES string of the molecule is CCCCCCCCCCCCCCCCCCCCOP(=O)(O)OP(C)(C)(C)CC. The molecule has 0 radical (unpaired) electrons. The van der Waals surface area contributed by atoms with Crippen LogP contribution < -0.4 is 0 Å². The molecule has 190 valence electrons. The molecule has 0 aromatic heterocycles. The van der Waals surface area contributed by atoms with Gasteiger partial charge in [-0.3, -0.25) is 0 Å². The van der Waals surface area contributed by atoms with Crippen molar-refractivity contribution in [1.82, 2.24) is 0 Å². The van der Waals surface area contributed by atoms with Crippen LogP contribution in [0.4, 0.5) is 0 Å². The fraction of sp³-hybridized carbons (Fsp3) is 1.00. The zero-order valence-corrected chi connectivity index (χ0v) is 23.5. The Balaban J connectivity index is 3.36. The summed E-state index contributed by atoms with van der Waals surface area (Å²) in [6.07, 6.45) is 24.7. The number of phosphoric acid groups is 1. The summed E-state index contributed by atoms with van der Waals surface area (Å²) in [6, 6.07) is 0. The molecule has 0 rings (SSSR count). The maximum absolute atomic E-state index is 12.1. The number of hydrogen-bond donors (Lipinski definition) is 1. The fourth-order valence-corrected chi connectivity index (χ4v) is 7.72. The first-order chi connectivity index (χ1) is 14.6. The summed E-state index contributed by atoms with van der Waals surface area (Å²) < 4.78 is 22.8. The Morgan fingerprint density at radius 2 is 0.935 bits per heavy atom. The van der Waals surface area contributed by atoms with Gasteiger partial charge < -0.3 is 0 Å². The number of rotatable bonds is 23. The second-order valence-corrected chi connectivity index (χ2v) is 19.1. The molecule has 1 atom stereocenters. The van der Waals surface area contributed by atoms with Crippen molar-refractivity contribution in [3.8, 4) is 0 Å². The van der Waals surface area contributed by atoms with Gasteiger partial charge in [0.25, 0.3) is 0 Å². The van der Waals surface area contributed by atoms with Crippen LogP contribution in [0.5, 0.6) is 0 Å². The third-order valence-electron chi connectivity index (χ3n) is 6.24. The number of unbranched alkanes of at least 4 members (excludes halogenated alkanes) is 17. The van der Waals surface area contributed by atoms with Crippen LogP contribution in [0.2, 0.25) is 0 Å². The number of hydrogen-bond acceptors (Lipinski definition) is 3. The Morgan fingerprint density at radius 1 is 0.613 bits per heavy atom. The van der Waals surface area contributed by atoms with Crippen LogP contribution in [-0.4, -0.2) is 37.7 Å². The van der Waals surface area contributed by atoms with Crippen molar-refractivity contribution in [2.75, 3.05) is 32.8 Å². The Hall–Kier alpha value is 0.540. The molecular weight excluding hydrogens is 426 g/mol. The van der Waals surface area contributed by atoms with Gasteiger partial charge in [-0.05, 0) is 0 Å². The third-order valence-corrected chi connectivity index (χ3v) is 12.1. The molecule has 0 aliphatic rings. The quantitative estimate of drug-likeness (QED) is 0.116. The van der Waals surface area contributed by atoms with E-state index in [0.717, 1.165) is 19.0 Å². The van der Waals surface area contributed by atoms with E-state index in [9.17, 15) is 9.46 Å². The zero-order valence-electron chi connectivity index (χ0n) is 21.7. The van der Waals surface area contributed by atoms with E-state index >= 15 is 0 Å². The van der Waals surface area contributed by atoms with Crippen LogP contribution in [0, 0.1) is 0 Å². The monoisotopic (exact) mass is 482 g/mol. The Bertz CT molecular complexity index is 460. The molecule has 0 fully saturated rings. The van der Waals surface area contributed by atoms with Crippen molar-refractivity contribution in [3.05, 3.63) is 0 Å². The van der Waals surface area contributed by atoms with Crippen molar-refractivity contribution in [1.29, 1.82) is 0 Å². The topological polar surface area (TPSA) is 55.8 Å². The fourth-order valence-electron chi connectivity index (χ4n) is 3.65. The molecule has 6 heteroatoms. The van der Waals surface area contributed by atoms with Crippen molar-refractivity contribution in [3.63, 3.8) is 0 Å². The summed E-state index contributed by atoms with van der Waals surface area (Å²) in [4.78, 5) is 9.93. The van der Waals surface area contributed by atoms with Crippen molar-refractivity contribution in [2.24, 2.45) is 0 Å². The van der Waals surface area contributed by atoms with Gasteiger partial charge in [0.05, 0.1) is 0 Å². The molecule has 1 unspecified atom stereocenters. The van der Waals surface area contributed by atoms with Gasteiger partial charge in [-0.15, -0.1) is 0 Å². The molecule has 0 heterocycles. The average Bonchev–Trinajstić information content (AvgIpc) is 2.68. The molecule has 4 nitrogen and oxygen atoms in total. The van der Waals surface area contributed by atoms with Gasteiger partial charge >= 0.3 is 124 Å². The molecule has 0 bridgehead atoms. The average molecular weight is 483 g/mol. The van der Waals surface area contributed by atoms with Gasteiger partial charge in [0.15, 0.2) is 0 Å². The van der Waals surface area contributed by atoms with Gasteiger partial charge in [0.1, 0.15) is 0 Å². The molecule has 0 aliphatic carbocycles. The van der Waals surface area contributed by atoms with Crippen LogP contribution in [0.25, 0.3) is 0 Å². The van der Waals surface area contributed by atoms with Gasteiger partial charge in [0, 0.05) is 0 Å². The molecule has 0 aromatic carbocycles. The summed E-state index contributed by atoms with van der Waals surface area (Å²) in [5.74, 6) is 0. The van der Waals surface area contributed by atoms with Crippen LogP contribution in [0.1, 0.15) is 129 Å². The first-order valence-electron chi connectivity index (χ1n) is 13.3. The predicted octanol–water partition coefficient (Wildman–Crippen LogP) is 9.54. The molecule has 0 saturated carbocycles. The van der Waals surface area contributed by atoms with Crippen molar-refractivity contribution < 1.29 is 18.3 Å². The minimum absolute atomic E-state index is 0.308. The minimum atomic E-state index is -3.93. The van der Waals surface area contributed by atoms with Crippen LogP contribution >= 0.6 is 14.7 Å². The second kappa shape index (κ2) is 17.9. The van der Waals surface area contributed by atoms with Gasteiger partial charge in [-0.1, -0.05) is 71.1 Å². The molecular formula is C25H56O4P2. The van der Waals surface area contributed by atoms with E-state index in [2.05, 4.69) is 6.92 Å². The van der Waals surface area contributed by atoms with E-state index in [-0.39, 0.29) is 0 Å². The molecule has 0 aromatic rings. The Kier molecular flexibility index (Phi) is 18.3. The van der Waals surface area contributed by atoms with Crippen LogP contribution in [0.15, 0.2) is 0 Å². The standard InChI is InChI=1S/C25H56O4P2/c1-6-8-9-10-11-12-13-14-15-16-17-18-19-20-21-22-23-24-25-28-30(26,27)29-31(3,4,5)7-2/h6-25H2,1-5H3,(H,26,27). The third kappa shape index (κ3) is 22.1. The van der Waals surface area contributed by atoms with E-state index in [0.29, 0.717) is 6.61 Å². The maximum atomic E-state index is 12.1. The second-order valence-electron chi connectivity index (χ2n) is 10.7. The first kappa shape index (κ1) is 31.5. The molecule has 1 N–H and O–H groups in total.